The first-order valence-corrected chi connectivity index (χ1v) is 5.98. The van der Waals surface area contributed by atoms with Crippen molar-refractivity contribution in [3.05, 3.63) is 36.2 Å². The van der Waals surface area contributed by atoms with E-state index in [0.717, 1.165) is 18.6 Å². The van der Waals surface area contributed by atoms with E-state index in [9.17, 15) is 8.78 Å². The van der Waals surface area contributed by atoms with E-state index in [-0.39, 0.29) is 23.2 Å². The number of anilines is 1. The first-order chi connectivity index (χ1) is 9.61. The van der Waals surface area contributed by atoms with Crippen LogP contribution < -0.4 is 15.2 Å². The number of hydrogen-bond donors (Lipinski definition) is 1. The molecular weight excluding hydrogens is 268 g/mol. The van der Waals surface area contributed by atoms with E-state index in [1.807, 2.05) is 6.92 Å². The molecule has 2 rings (SSSR count). The van der Waals surface area contributed by atoms with Gasteiger partial charge in [0.1, 0.15) is 12.1 Å². The largest absolute Gasteiger partial charge is 0.476 e. The molecule has 106 valence electrons. The zero-order valence-corrected chi connectivity index (χ0v) is 10.8. The van der Waals surface area contributed by atoms with Gasteiger partial charge in [-0.05, 0) is 18.6 Å². The van der Waals surface area contributed by atoms with Gasteiger partial charge in [-0.1, -0.05) is 6.92 Å². The Hall–Kier alpha value is -2.44. The maximum absolute atomic E-state index is 13.1. The van der Waals surface area contributed by atoms with E-state index in [1.54, 1.807) is 0 Å². The molecule has 0 aliphatic heterocycles. The quantitative estimate of drug-likeness (QED) is 0.912. The normalized spacial score (nSPS) is 10.3. The van der Waals surface area contributed by atoms with Crippen LogP contribution in [0, 0.1) is 11.6 Å². The zero-order valence-electron chi connectivity index (χ0n) is 10.8. The van der Waals surface area contributed by atoms with Gasteiger partial charge in [-0.2, -0.15) is 9.97 Å². The van der Waals surface area contributed by atoms with Crippen LogP contribution in [0.25, 0.3) is 0 Å². The molecule has 0 fully saturated rings. The number of aromatic nitrogens is 2. The molecule has 7 heteroatoms. The van der Waals surface area contributed by atoms with Gasteiger partial charge < -0.3 is 15.2 Å². The highest BCUT2D eigenvalue weighted by Gasteiger charge is 2.12. The Kier molecular flexibility index (Phi) is 4.29. The van der Waals surface area contributed by atoms with Gasteiger partial charge >= 0.3 is 0 Å². The summed E-state index contributed by atoms with van der Waals surface area (Å²) < 4.78 is 36.5. The third-order valence-corrected chi connectivity index (χ3v) is 2.36. The minimum atomic E-state index is -1.02. The standard InChI is InChI=1S/C13H13F2N3O2/c1-2-5-19-12-11(16)13(18-7-17-12)20-8-3-4-9(14)10(15)6-8/h3-4,6-7H,2,5,16H2,1H3. The molecule has 1 aromatic heterocycles. The van der Waals surface area contributed by atoms with Gasteiger partial charge in [0.25, 0.3) is 0 Å². The van der Waals surface area contributed by atoms with E-state index in [1.165, 1.54) is 12.4 Å². The molecular formula is C13H13F2N3O2. The van der Waals surface area contributed by atoms with Crippen LogP contribution in [-0.4, -0.2) is 16.6 Å². The lowest BCUT2D eigenvalue weighted by atomic mass is 10.3. The van der Waals surface area contributed by atoms with Crippen LogP contribution in [0.15, 0.2) is 24.5 Å². The molecule has 1 heterocycles. The number of nitrogens with two attached hydrogens (primary N) is 1. The molecule has 0 saturated carbocycles. The summed E-state index contributed by atoms with van der Waals surface area (Å²) in [4.78, 5) is 7.72. The Bertz CT molecular complexity index is 608. The summed E-state index contributed by atoms with van der Waals surface area (Å²) in [6, 6.07) is 3.13. The predicted octanol–water partition coefficient (Wildman–Crippen LogP) is 2.92. The molecule has 0 bridgehead atoms. The Morgan fingerprint density at radius 3 is 2.60 bits per heavy atom. The van der Waals surface area contributed by atoms with Crippen molar-refractivity contribution >= 4 is 5.69 Å². The van der Waals surface area contributed by atoms with E-state index < -0.39 is 11.6 Å². The van der Waals surface area contributed by atoms with Crippen molar-refractivity contribution in [3.63, 3.8) is 0 Å². The van der Waals surface area contributed by atoms with Gasteiger partial charge in [0.05, 0.1) is 6.61 Å². The highest BCUT2D eigenvalue weighted by Crippen LogP contribution is 2.31. The molecule has 0 atom stereocenters. The lowest BCUT2D eigenvalue weighted by molar-refractivity contribution is 0.304. The Labute approximate surface area is 114 Å². The van der Waals surface area contributed by atoms with Crippen molar-refractivity contribution < 1.29 is 18.3 Å². The number of rotatable bonds is 5. The van der Waals surface area contributed by atoms with Gasteiger partial charge in [-0.3, -0.25) is 0 Å². The summed E-state index contributed by atoms with van der Waals surface area (Å²) in [6.07, 6.45) is 2.01. The second-order valence-corrected chi connectivity index (χ2v) is 3.92. The van der Waals surface area contributed by atoms with Gasteiger partial charge in [0.2, 0.25) is 11.8 Å². The molecule has 0 aliphatic rings. The number of hydrogen-bond acceptors (Lipinski definition) is 5. The highest BCUT2D eigenvalue weighted by atomic mass is 19.2. The van der Waals surface area contributed by atoms with Gasteiger partial charge in [0, 0.05) is 6.07 Å². The summed E-state index contributed by atoms with van der Waals surface area (Å²) in [7, 11) is 0. The molecule has 2 aromatic rings. The molecule has 1 aromatic carbocycles. The maximum Gasteiger partial charge on any atom is 0.249 e. The number of halogens is 2. The lowest BCUT2D eigenvalue weighted by Crippen LogP contribution is -2.04. The van der Waals surface area contributed by atoms with Crippen molar-refractivity contribution in [2.45, 2.75) is 13.3 Å². The van der Waals surface area contributed by atoms with Gasteiger partial charge in [-0.15, -0.1) is 0 Å². The molecule has 0 amide bonds. The fraction of sp³-hybridized carbons (Fsp3) is 0.231. The summed E-state index contributed by atoms with van der Waals surface area (Å²) >= 11 is 0. The van der Waals surface area contributed by atoms with Crippen LogP contribution in [0.1, 0.15) is 13.3 Å². The molecule has 0 spiro atoms. The first kappa shape index (κ1) is 14.0. The fourth-order valence-electron chi connectivity index (χ4n) is 1.41. The molecule has 20 heavy (non-hydrogen) atoms. The number of ether oxygens (including phenoxy) is 2. The molecule has 0 unspecified atom stereocenters. The number of nitrogens with zero attached hydrogens (tertiary/aromatic N) is 2. The van der Waals surface area contributed by atoms with Crippen molar-refractivity contribution in [1.29, 1.82) is 0 Å². The summed E-state index contributed by atoms with van der Waals surface area (Å²) in [6.45, 7) is 2.39. The highest BCUT2D eigenvalue weighted by molar-refractivity contribution is 5.56. The van der Waals surface area contributed by atoms with Crippen molar-refractivity contribution in [2.24, 2.45) is 0 Å². The number of benzene rings is 1. The number of nitrogen functional groups attached to an aromatic ring is 1. The van der Waals surface area contributed by atoms with Crippen molar-refractivity contribution in [1.82, 2.24) is 9.97 Å². The molecule has 0 radical (unpaired) electrons. The Morgan fingerprint density at radius 2 is 1.90 bits per heavy atom. The van der Waals surface area contributed by atoms with E-state index in [2.05, 4.69) is 9.97 Å². The smallest absolute Gasteiger partial charge is 0.249 e. The first-order valence-electron chi connectivity index (χ1n) is 5.98. The SMILES string of the molecule is CCCOc1ncnc(Oc2ccc(F)c(F)c2)c1N. The van der Waals surface area contributed by atoms with Crippen LogP contribution in [0.3, 0.4) is 0 Å². The van der Waals surface area contributed by atoms with E-state index >= 15 is 0 Å². The van der Waals surface area contributed by atoms with Crippen molar-refractivity contribution in [2.75, 3.05) is 12.3 Å². The van der Waals surface area contributed by atoms with Gasteiger partial charge in [0.15, 0.2) is 17.3 Å². The molecule has 0 saturated heterocycles. The predicted molar refractivity (Wildman–Crippen MR) is 68.7 cm³/mol. The fourth-order valence-corrected chi connectivity index (χ4v) is 1.41. The minimum absolute atomic E-state index is 0.0251. The topological polar surface area (TPSA) is 70.3 Å². The third-order valence-electron chi connectivity index (χ3n) is 2.36. The molecule has 5 nitrogen and oxygen atoms in total. The van der Waals surface area contributed by atoms with Crippen molar-refractivity contribution in [3.8, 4) is 17.5 Å². The van der Waals surface area contributed by atoms with Crippen LogP contribution in [0.4, 0.5) is 14.5 Å². The zero-order chi connectivity index (χ0) is 14.5. The van der Waals surface area contributed by atoms with E-state index in [4.69, 9.17) is 15.2 Å². The average molecular weight is 281 g/mol. The van der Waals surface area contributed by atoms with E-state index in [0.29, 0.717) is 6.61 Å². The maximum atomic E-state index is 13.1. The van der Waals surface area contributed by atoms with Crippen LogP contribution in [0.2, 0.25) is 0 Å². The average Bonchev–Trinajstić information content (AvgIpc) is 2.44. The third kappa shape index (κ3) is 3.11. The summed E-state index contributed by atoms with van der Waals surface area (Å²) in [5, 5.41) is 0. The molecule has 0 aliphatic carbocycles. The summed E-state index contributed by atoms with van der Waals surface area (Å²) in [5.41, 5.74) is 5.90. The van der Waals surface area contributed by atoms with Crippen LogP contribution >= 0.6 is 0 Å². The second kappa shape index (κ2) is 6.14. The van der Waals surface area contributed by atoms with Crippen LogP contribution in [0.5, 0.6) is 17.5 Å². The Morgan fingerprint density at radius 1 is 1.15 bits per heavy atom. The second-order valence-electron chi connectivity index (χ2n) is 3.92. The minimum Gasteiger partial charge on any atom is -0.476 e. The summed E-state index contributed by atoms with van der Waals surface area (Å²) in [5.74, 6) is -1.68. The van der Waals surface area contributed by atoms with Crippen LogP contribution in [-0.2, 0) is 0 Å². The lowest BCUT2D eigenvalue weighted by Gasteiger charge is -2.10. The van der Waals surface area contributed by atoms with Gasteiger partial charge in [-0.25, -0.2) is 8.78 Å². The Balaban J connectivity index is 2.22. The monoisotopic (exact) mass is 281 g/mol. The molecule has 2 N–H and O–H groups in total.